The number of hydrogen-bond acceptors (Lipinski definition) is 3. The first-order chi connectivity index (χ1) is 9.22. The van der Waals surface area contributed by atoms with E-state index in [-0.39, 0.29) is 0 Å². The van der Waals surface area contributed by atoms with Crippen molar-refractivity contribution in [2.45, 2.75) is 19.9 Å². The summed E-state index contributed by atoms with van der Waals surface area (Å²) in [5.74, 6) is 0.838. The molecule has 0 bridgehead atoms. The minimum atomic E-state index is 0.787. The predicted molar refractivity (Wildman–Crippen MR) is 76.3 cm³/mol. The highest BCUT2D eigenvalue weighted by atomic mass is 16.5. The summed E-state index contributed by atoms with van der Waals surface area (Å²) < 4.78 is 7.15. The molecule has 0 unspecified atom stereocenters. The topological polar surface area (TPSA) is 39.1 Å². The van der Waals surface area contributed by atoms with E-state index < -0.39 is 0 Å². The number of aromatic nitrogens is 2. The van der Waals surface area contributed by atoms with Crippen LogP contribution >= 0.6 is 0 Å². The summed E-state index contributed by atoms with van der Waals surface area (Å²) in [6, 6.07) is 10.5. The van der Waals surface area contributed by atoms with E-state index in [1.165, 1.54) is 5.56 Å². The summed E-state index contributed by atoms with van der Waals surface area (Å²) in [5.41, 5.74) is 3.51. The number of benzene rings is 1. The second kappa shape index (κ2) is 6.38. The van der Waals surface area contributed by atoms with Gasteiger partial charge < -0.3 is 10.1 Å². The largest absolute Gasteiger partial charge is 0.481 e. The SMILES string of the molecule is COc1c(CNCCc2ccccc2)c(C)nn1C. The van der Waals surface area contributed by atoms with Crippen LogP contribution < -0.4 is 10.1 Å². The van der Waals surface area contributed by atoms with Crippen molar-refractivity contribution in [3.8, 4) is 5.88 Å². The average Bonchev–Trinajstić information content (AvgIpc) is 2.70. The highest BCUT2D eigenvalue weighted by Gasteiger charge is 2.12. The van der Waals surface area contributed by atoms with E-state index in [1.807, 2.05) is 20.0 Å². The van der Waals surface area contributed by atoms with Gasteiger partial charge in [0, 0.05) is 13.6 Å². The molecule has 0 aliphatic heterocycles. The van der Waals surface area contributed by atoms with E-state index in [1.54, 1.807) is 11.8 Å². The van der Waals surface area contributed by atoms with Gasteiger partial charge in [-0.15, -0.1) is 0 Å². The number of hydrogen-bond donors (Lipinski definition) is 1. The maximum atomic E-state index is 5.37. The first-order valence-corrected chi connectivity index (χ1v) is 6.53. The van der Waals surface area contributed by atoms with Crippen molar-refractivity contribution < 1.29 is 4.74 Å². The zero-order valence-electron chi connectivity index (χ0n) is 11.8. The lowest BCUT2D eigenvalue weighted by molar-refractivity contribution is 0.368. The number of nitrogens with zero attached hydrogens (tertiary/aromatic N) is 2. The number of rotatable bonds is 6. The second-order valence-corrected chi connectivity index (χ2v) is 4.61. The summed E-state index contributed by atoms with van der Waals surface area (Å²) in [6.07, 6.45) is 1.03. The molecule has 4 nitrogen and oxygen atoms in total. The summed E-state index contributed by atoms with van der Waals surface area (Å²) in [4.78, 5) is 0. The van der Waals surface area contributed by atoms with Crippen molar-refractivity contribution in [1.82, 2.24) is 15.1 Å². The molecule has 2 aromatic rings. The summed E-state index contributed by atoms with van der Waals surface area (Å²) in [6.45, 7) is 3.74. The molecule has 0 fully saturated rings. The van der Waals surface area contributed by atoms with E-state index in [9.17, 15) is 0 Å². The Kier molecular flexibility index (Phi) is 4.58. The lowest BCUT2D eigenvalue weighted by Crippen LogP contribution is -2.17. The van der Waals surface area contributed by atoms with Gasteiger partial charge in [0.25, 0.3) is 0 Å². The Morgan fingerprint density at radius 3 is 2.68 bits per heavy atom. The number of methoxy groups -OCH3 is 1. The second-order valence-electron chi connectivity index (χ2n) is 4.61. The van der Waals surface area contributed by atoms with Crippen molar-refractivity contribution in [1.29, 1.82) is 0 Å². The molecule has 102 valence electrons. The molecule has 0 saturated heterocycles. The van der Waals surface area contributed by atoms with Crippen LogP contribution in [-0.2, 0) is 20.0 Å². The molecule has 0 amide bonds. The number of aryl methyl sites for hydroxylation is 2. The van der Waals surface area contributed by atoms with Crippen LogP contribution in [0.1, 0.15) is 16.8 Å². The van der Waals surface area contributed by atoms with E-state index in [2.05, 4.69) is 34.7 Å². The molecule has 4 heteroatoms. The highest BCUT2D eigenvalue weighted by molar-refractivity contribution is 5.30. The van der Waals surface area contributed by atoms with E-state index in [0.717, 1.165) is 36.6 Å². The van der Waals surface area contributed by atoms with Gasteiger partial charge in [-0.2, -0.15) is 5.10 Å². The molecular formula is C15H21N3O. The molecule has 1 aromatic heterocycles. The van der Waals surface area contributed by atoms with Crippen molar-refractivity contribution >= 4 is 0 Å². The normalized spacial score (nSPS) is 10.7. The fourth-order valence-corrected chi connectivity index (χ4v) is 2.23. The molecule has 19 heavy (non-hydrogen) atoms. The van der Waals surface area contributed by atoms with Gasteiger partial charge in [-0.1, -0.05) is 30.3 Å². The summed E-state index contributed by atoms with van der Waals surface area (Å²) >= 11 is 0. The minimum absolute atomic E-state index is 0.787. The molecule has 2 rings (SSSR count). The van der Waals surface area contributed by atoms with Crippen LogP contribution in [-0.4, -0.2) is 23.4 Å². The Morgan fingerprint density at radius 1 is 1.26 bits per heavy atom. The van der Waals surface area contributed by atoms with Gasteiger partial charge in [0.05, 0.1) is 18.4 Å². The van der Waals surface area contributed by atoms with Crippen LogP contribution in [0.5, 0.6) is 5.88 Å². The molecule has 0 saturated carbocycles. The van der Waals surface area contributed by atoms with Crippen LogP contribution in [0.4, 0.5) is 0 Å². The van der Waals surface area contributed by atoms with Crippen LogP contribution in [0, 0.1) is 6.92 Å². The summed E-state index contributed by atoms with van der Waals surface area (Å²) in [5, 5.41) is 7.82. The van der Waals surface area contributed by atoms with Crippen LogP contribution in [0.15, 0.2) is 30.3 Å². The minimum Gasteiger partial charge on any atom is -0.481 e. The molecule has 1 aromatic carbocycles. The molecule has 0 radical (unpaired) electrons. The van der Waals surface area contributed by atoms with Crippen LogP contribution in [0.3, 0.4) is 0 Å². The third-order valence-corrected chi connectivity index (χ3v) is 3.22. The summed E-state index contributed by atoms with van der Waals surface area (Å²) in [7, 11) is 3.59. The maximum Gasteiger partial charge on any atom is 0.216 e. The molecule has 0 spiro atoms. The Balaban J connectivity index is 1.86. The lowest BCUT2D eigenvalue weighted by atomic mass is 10.1. The zero-order chi connectivity index (χ0) is 13.7. The first-order valence-electron chi connectivity index (χ1n) is 6.53. The third-order valence-electron chi connectivity index (χ3n) is 3.22. The third kappa shape index (κ3) is 3.35. The Labute approximate surface area is 114 Å². The maximum absolute atomic E-state index is 5.37. The smallest absolute Gasteiger partial charge is 0.216 e. The van der Waals surface area contributed by atoms with Crippen molar-refractivity contribution in [2.24, 2.45) is 7.05 Å². The van der Waals surface area contributed by atoms with Crippen molar-refractivity contribution in [3.05, 3.63) is 47.2 Å². The Hall–Kier alpha value is -1.81. The molecule has 1 heterocycles. The monoisotopic (exact) mass is 259 g/mol. The number of nitrogens with one attached hydrogen (secondary N) is 1. The van der Waals surface area contributed by atoms with Crippen molar-refractivity contribution in [3.63, 3.8) is 0 Å². The van der Waals surface area contributed by atoms with Crippen LogP contribution in [0.25, 0.3) is 0 Å². The fourth-order valence-electron chi connectivity index (χ4n) is 2.23. The molecule has 0 aliphatic carbocycles. The molecular weight excluding hydrogens is 238 g/mol. The van der Waals surface area contributed by atoms with Crippen molar-refractivity contribution in [2.75, 3.05) is 13.7 Å². The van der Waals surface area contributed by atoms with Gasteiger partial charge in [0.15, 0.2) is 0 Å². The van der Waals surface area contributed by atoms with Gasteiger partial charge in [0.2, 0.25) is 5.88 Å². The average molecular weight is 259 g/mol. The molecule has 0 aliphatic rings. The fraction of sp³-hybridized carbons (Fsp3) is 0.400. The van der Waals surface area contributed by atoms with Gasteiger partial charge in [-0.25, -0.2) is 4.68 Å². The Bertz CT molecular complexity index is 520. The molecule has 1 N–H and O–H groups in total. The van der Waals surface area contributed by atoms with Gasteiger partial charge in [-0.3, -0.25) is 0 Å². The van der Waals surface area contributed by atoms with Gasteiger partial charge >= 0.3 is 0 Å². The Morgan fingerprint density at radius 2 is 2.00 bits per heavy atom. The van der Waals surface area contributed by atoms with Crippen LogP contribution in [0.2, 0.25) is 0 Å². The lowest BCUT2D eigenvalue weighted by Gasteiger charge is -2.07. The predicted octanol–water partition coefficient (Wildman–Crippen LogP) is 2.07. The van der Waals surface area contributed by atoms with Gasteiger partial charge in [0.1, 0.15) is 0 Å². The van der Waals surface area contributed by atoms with Gasteiger partial charge in [-0.05, 0) is 25.5 Å². The first kappa shape index (κ1) is 13.6. The zero-order valence-corrected chi connectivity index (χ0v) is 11.8. The molecule has 0 atom stereocenters. The number of ether oxygens (including phenoxy) is 1. The van der Waals surface area contributed by atoms with E-state index in [4.69, 9.17) is 4.74 Å². The quantitative estimate of drug-likeness (QED) is 0.807. The highest BCUT2D eigenvalue weighted by Crippen LogP contribution is 2.20. The van der Waals surface area contributed by atoms with E-state index >= 15 is 0 Å². The standard InChI is InChI=1S/C15H21N3O/c1-12-14(15(19-3)18(2)17-12)11-16-10-9-13-7-5-4-6-8-13/h4-8,16H,9-11H2,1-3H3. The van der Waals surface area contributed by atoms with E-state index in [0.29, 0.717) is 0 Å².